The van der Waals surface area contributed by atoms with Crippen LogP contribution in [0.1, 0.15) is 6.99 Å². The Balaban J connectivity index is 0.00000120. The van der Waals surface area contributed by atoms with Crippen molar-refractivity contribution >= 4 is 10.9 Å². The number of rotatable bonds is 3. The van der Waals surface area contributed by atoms with Crippen LogP contribution in [-0.4, -0.2) is 29.6 Å². The highest BCUT2D eigenvalue weighted by molar-refractivity contribution is 5.80. The fourth-order valence-corrected chi connectivity index (χ4v) is 2.40. The first-order chi connectivity index (χ1) is 8.28. The Morgan fingerprint density at radius 3 is 2.94 bits per heavy atom. The van der Waals surface area contributed by atoms with Crippen molar-refractivity contribution in [3.8, 4) is 0 Å². The first-order valence-corrected chi connectivity index (χ1v) is 5.80. The zero-order chi connectivity index (χ0) is 11.8. The number of H-pyrrole nitrogens is 1. The lowest BCUT2D eigenvalue weighted by Crippen LogP contribution is -2.46. The van der Waals surface area contributed by atoms with Crippen LogP contribution >= 0.6 is 0 Å². The van der Waals surface area contributed by atoms with Gasteiger partial charge in [-0.1, -0.05) is 12.1 Å². The second kappa shape index (κ2) is 4.11. The highest BCUT2D eigenvalue weighted by atomic mass is 19.1. The molecule has 0 saturated carbocycles. The molecule has 1 aliphatic heterocycles. The number of likely N-dealkylation sites (tertiary alicyclic amines) is 1. The molecule has 0 aliphatic carbocycles. The predicted octanol–water partition coefficient (Wildman–Crippen LogP) is 2.95. The van der Waals surface area contributed by atoms with Crippen LogP contribution in [0.5, 0.6) is 0 Å². The summed E-state index contributed by atoms with van der Waals surface area (Å²) in [7, 11) is 0. The quantitative estimate of drug-likeness (QED) is 0.871. The maximum atomic E-state index is 14.1. The number of aromatic nitrogens is 1. The Labute approximate surface area is 99.7 Å². The molecule has 2 aromatic rings. The van der Waals surface area contributed by atoms with Crippen LogP contribution < -0.4 is 0 Å². The fraction of sp³-hybridized carbons (Fsp3) is 0.385. The Morgan fingerprint density at radius 1 is 1.35 bits per heavy atom. The Hall–Kier alpha value is -1.42. The zero-order valence-electron chi connectivity index (χ0n) is 9.42. The molecule has 0 atom stereocenters. The largest absolute Gasteiger partial charge is 0.359 e. The van der Waals surface area contributed by atoms with Crippen LogP contribution in [0.25, 0.3) is 10.9 Å². The van der Waals surface area contributed by atoms with E-state index in [1.54, 1.807) is 6.20 Å². The lowest BCUT2D eigenvalue weighted by Gasteiger charge is -2.37. The van der Waals surface area contributed by atoms with Gasteiger partial charge in [-0.25, -0.2) is 4.39 Å². The maximum absolute atomic E-state index is 14.1. The highest BCUT2D eigenvalue weighted by Gasteiger charge is 2.27. The molecule has 1 N–H and O–H groups in total. The maximum Gasteiger partial charge on any atom is 0.151 e. The average molecular weight is 238 g/mol. The van der Waals surface area contributed by atoms with E-state index in [-0.39, 0.29) is 19.8 Å². The molecule has 0 amide bonds. The van der Waals surface area contributed by atoms with E-state index in [9.17, 15) is 8.78 Å². The van der Waals surface area contributed by atoms with Gasteiger partial charge < -0.3 is 4.98 Å². The summed E-state index contributed by atoms with van der Waals surface area (Å²) in [4.78, 5) is 4.97. The van der Waals surface area contributed by atoms with E-state index in [4.69, 9.17) is 0 Å². The summed E-state index contributed by atoms with van der Waals surface area (Å²) in [6, 6.07) is 5.58. The fourth-order valence-electron chi connectivity index (χ4n) is 2.40. The molecular weight excluding hydrogens is 222 g/mol. The molecule has 0 radical (unpaired) electrons. The molecular formula is C13H16F2N2. The van der Waals surface area contributed by atoms with Gasteiger partial charge in [0.25, 0.3) is 0 Å². The van der Waals surface area contributed by atoms with Crippen LogP contribution in [0.3, 0.4) is 0 Å². The minimum atomic E-state index is -0.269. The summed E-state index contributed by atoms with van der Waals surface area (Å²) >= 11 is 0. The van der Waals surface area contributed by atoms with Gasteiger partial charge in [0.2, 0.25) is 0 Å². The van der Waals surface area contributed by atoms with Crippen molar-refractivity contribution in [2.45, 2.75) is 6.54 Å². The highest BCUT2D eigenvalue weighted by Crippen LogP contribution is 2.24. The van der Waals surface area contributed by atoms with Crippen molar-refractivity contribution in [1.82, 2.24) is 9.88 Å². The third-order valence-corrected chi connectivity index (χ3v) is 3.39. The predicted molar refractivity (Wildman–Crippen MR) is 65.1 cm³/mol. The summed E-state index contributed by atoms with van der Waals surface area (Å²) in [5, 5.41) is 0.886. The Bertz CT molecular complexity index is 535. The van der Waals surface area contributed by atoms with Gasteiger partial charge in [-0.05, 0) is 6.07 Å². The number of aromatic amines is 1. The molecule has 3 rings (SSSR count). The second-order valence-electron chi connectivity index (χ2n) is 4.69. The van der Waals surface area contributed by atoms with Gasteiger partial charge >= 0.3 is 0 Å². The van der Waals surface area contributed by atoms with E-state index >= 15 is 0 Å². The smallest absolute Gasteiger partial charge is 0.151 e. The van der Waals surface area contributed by atoms with Gasteiger partial charge in [-0.15, -0.1) is 0 Å². The van der Waals surface area contributed by atoms with Crippen LogP contribution in [0.2, 0.25) is 0 Å². The van der Waals surface area contributed by atoms with Crippen LogP contribution in [0.15, 0.2) is 24.4 Å². The van der Waals surface area contributed by atoms with Crippen LogP contribution in [0.4, 0.5) is 8.78 Å². The van der Waals surface area contributed by atoms with E-state index in [1.807, 2.05) is 18.2 Å². The summed E-state index contributed by atoms with van der Waals surface area (Å²) in [6.07, 6.45) is 1.74. The number of hydrogen-bond acceptors (Lipinski definition) is 1. The second-order valence-corrected chi connectivity index (χ2v) is 4.69. The van der Waals surface area contributed by atoms with E-state index in [2.05, 4.69) is 9.88 Å². The number of halogens is 2. The molecule has 0 unspecified atom stereocenters. The molecule has 1 aromatic carbocycles. The molecule has 1 fully saturated rings. The first-order valence-electron chi connectivity index (χ1n) is 5.80. The van der Waals surface area contributed by atoms with E-state index in [0.717, 1.165) is 18.5 Å². The molecule has 0 spiro atoms. The number of alkyl halides is 1. The lowest BCUT2D eigenvalue weighted by atomic mass is 10.0. The molecule has 1 saturated heterocycles. The van der Waals surface area contributed by atoms with Crippen LogP contribution in [0, 0.1) is 11.7 Å². The summed E-state index contributed by atoms with van der Waals surface area (Å²) in [5.74, 6) is -0.0384. The standard InChI is InChI=1S/C13H14F2N2.H2/c14-5-9-6-17(7-9)8-11-2-1-10-3-4-16-13(10)12(11)15;/h1-4,9,16H,5-8H2;1H. The number of hydrogen-bond donors (Lipinski definition) is 1. The number of benzene rings is 1. The number of nitrogens with zero attached hydrogens (tertiary/aromatic N) is 1. The molecule has 2 heterocycles. The number of fused-ring (bicyclic) bond motifs is 1. The van der Waals surface area contributed by atoms with Gasteiger partial charge in [0, 0.05) is 44.1 Å². The molecule has 92 valence electrons. The van der Waals surface area contributed by atoms with Crippen molar-refractivity contribution in [1.29, 1.82) is 0 Å². The Kier molecular flexibility index (Phi) is 2.59. The van der Waals surface area contributed by atoms with E-state index < -0.39 is 0 Å². The van der Waals surface area contributed by atoms with Gasteiger partial charge in [-0.2, -0.15) is 0 Å². The summed E-state index contributed by atoms with van der Waals surface area (Å²) < 4.78 is 26.4. The van der Waals surface area contributed by atoms with Gasteiger partial charge in [0.1, 0.15) is 0 Å². The minimum Gasteiger partial charge on any atom is -0.359 e. The minimum absolute atomic E-state index is 0. The normalized spacial score (nSPS) is 17.5. The van der Waals surface area contributed by atoms with Crippen molar-refractivity contribution in [2.75, 3.05) is 19.8 Å². The number of nitrogens with one attached hydrogen (secondary N) is 1. The molecule has 17 heavy (non-hydrogen) atoms. The van der Waals surface area contributed by atoms with Crippen molar-refractivity contribution in [3.63, 3.8) is 0 Å². The summed E-state index contributed by atoms with van der Waals surface area (Å²) in [5.41, 5.74) is 1.24. The lowest BCUT2D eigenvalue weighted by molar-refractivity contribution is 0.0728. The molecule has 2 nitrogen and oxygen atoms in total. The van der Waals surface area contributed by atoms with E-state index in [0.29, 0.717) is 17.6 Å². The molecule has 1 aliphatic rings. The average Bonchev–Trinajstić information content (AvgIpc) is 2.74. The van der Waals surface area contributed by atoms with Gasteiger partial charge in [-0.3, -0.25) is 9.29 Å². The topological polar surface area (TPSA) is 19.0 Å². The summed E-state index contributed by atoms with van der Waals surface area (Å²) in [6.45, 7) is 1.77. The van der Waals surface area contributed by atoms with Crippen molar-refractivity contribution < 1.29 is 10.2 Å². The van der Waals surface area contributed by atoms with E-state index in [1.165, 1.54) is 0 Å². The first kappa shape index (κ1) is 10.7. The van der Waals surface area contributed by atoms with Gasteiger partial charge in [0.05, 0.1) is 12.2 Å². The molecule has 1 aromatic heterocycles. The van der Waals surface area contributed by atoms with Crippen molar-refractivity contribution in [3.05, 3.63) is 35.8 Å². The third-order valence-electron chi connectivity index (χ3n) is 3.39. The monoisotopic (exact) mass is 238 g/mol. The van der Waals surface area contributed by atoms with Crippen molar-refractivity contribution in [2.24, 2.45) is 5.92 Å². The Morgan fingerprint density at radius 2 is 2.18 bits per heavy atom. The molecule has 4 heteroatoms. The van der Waals surface area contributed by atoms with Gasteiger partial charge in [0.15, 0.2) is 5.82 Å². The molecule has 0 bridgehead atoms. The zero-order valence-corrected chi connectivity index (χ0v) is 9.42. The third kappa shape index (κ3) is 1.82. The SMILES string of the molecule is FCC1CN(Cc2ccc3cc[nH]c3c2F)C1.[HH]. The van der Waals surface area contributed by atoms with Crippen LogP contribution in [-0.2, 0) is 6.54 Å².